The number of nitrogens with zero attached hydrogens (tertiary/aromatic N) is 5. The third-order valence-corrected chi connectivity index (χ3v) is 10.7. The summed E-state index contributed by atoms with van der Waals surface area (Å²) in [6.07, 6.45) is 0. The summed E-state index contributed by atoms with van der Waals surface area (Å²) in [4.78, 5) is 16.4. The smallest absolute Gasteiger partial charge is 0.149 e. The minimum atomic E-state index is 0.807. The molecule has 6 aromatic carbocycles. The molecule has 0 unspecified atom stereocenters. The maximum atomic E-state index is 5.66. The van der Waals surface area contributed by atoms with Gasteiger partial charge in [0.05, 0.1) is 22.4 Å². The fraction of sp³-hybridized carbons (Fsp3) is 0. The highest BCUT2D eigenvalue weighted by Gasteiger charge is 2.22. The lowest BCUT2D eigenvalue weighted by atomic mass is 10.0. The van der Waals surface area contributed by atoms with E-state index in [2.05, 4.69) is 197 Å². The highest BCUT2D eigenvalue weighted by atomic mass is 15.2. The monoisotopic (exact) mass is 715 g/mol. The predicted molar refractivity (Wildman–Crippen MR) is 230 cm³/mol. The molecule has 0 aliphatic carbocycles. The zero-order valence-corrected chi connectivity index (χ0v) is 30.3. The Morgan fingerprint density at radius 1 is 0.268 bits per heavy atom. The van der Waals surface area contributed by atoms with E-state index in [1.54, 1.807) is 0 Å². The van der Waals surface area contributed by atoms with Crippen LogP contribution >= 0.6 is 0 Å². The molecule has 0 aliphatic heterocycles. The van der Waals surface area contributed by atoms with Gasteiger partial charge in [0.25, 0.3) is 0 Å². The van der Waals surface area contributed by atoms with E-state index in [-0.39, 0.29) is 0 Å². The summed E-state index contributed by atoms with van der Waals surface area (Å²) in [5, 5.41) is 4.38. The number of rotatable bonds is 6. The summed E-state index contributed by atoms with van der Waals surface area (Å²) in [7, 11) is 0. The molecule has 0 amide bonds. The Morgan fingerprint density at radius 2 is 0.625 bits per heavy atom. The molecule has 0 atom stereocenters. The molecular weight excluding hydrogens is 683 g/mol. The number of para-hydroxylation sites is 2. The number of benzene rings is 6. The van der Waals surface area contributed by atoms with Crippen molar-refractivity contribution in [1.29, 1.82) is 0 Å². The summed E-state index contributed by atoms with van der Waals surface area (Å²) in [6.45, 7) is 0. The van der Waals surface area contributed by atoms with Crippen LogP contribution in [0, 0.1) is 0 Å². The molecule has 0 bridgehead atoms. The van der Waals surface area contributed by atoms with Gasteiger partial charge in [-0.3, -0.25) is 9.13 Å². The summed E-state index contributed by atoms with van der Waals surface area (Å²) < 4.78 is 4.46. The second-order valence-corrected chi connectivity index (χ2v) is 14.1. The van der Waals surface area contributed by atoms with Crippen LogP contribution in [0.1, 0.15) is 0 Å². The Morgan fingerprint density at radius 3 is 1.04 bits per heavy atom. The topological polar surface area (TPSA) is 48.5 Å². The number of hydrogen-bond acceptors (Lipinski definition) is 3. The van der Waals surface area contributed by atoms with Gasteiger partial charge in [-0.05, 0) is 64.7 Å². The van der Waals surface area contributed by atoms with Crippen molar-refractivity contribution in [3.05, 3.63) is 200 Å². The van der Waals surface area contributed by atoms with Crippen molar-refractivity contribution in [2.24, 2.45) is 0 Å². The molecule has 11 aromatic rings. The van der Waals surface area contributed by atoms with Crippen LogP contribution < -0.4 is 0 Å². The maximum absolute atomic E-state index is 5.66. The van der Waals surface area contributed by atoms with Crippen LogP contribution in [-0.2, 0) is 0 Å². The van der Waals surface area contributed by atoms with Gasteiger partial charge in [-0.1, -0.05) is 158 Å². The van der Waals surface area contributed by atoms with Gasteiger partial charge in [0.1, 0.15) is 22.9 Å². The Labute approximate surface area is 323 Å². The molecule has 0 spiro atoms. The van der Waals surface area contributed by atoms with Crippen molar-refractivity contribution < 1.29 is 0 Å². The van der Waals surface area contributed by atoms with Crippen LogP contribution in [0.3, 0.4) is 0 Å². The van der Waals surface area contributed by atoms with Crippen molar-refractivity contribution in [3.63, 3.8) is 0 Å². The van der Waals surface area contributed by atoms with Crippen molar-refractivity contribution in [2.75, 3.05) is 0 Å². The van der Waals surface area contributed by atoms with Gasteiger partial charge < -0.3 is 0 Å². The van der Waals surface area contributed by atoms with Crippen LogP contribution in [0.2, 0.25) is 0 Å². The van der Waals surface area contributed by atoms with Crippen molar-refractivity contribution in [3.8, 4) is 56.4 Å². The first-order chi connectivity index (χ1) is 27.8. The maximum Gasteiger partial charge on any atom is 0.149 e. The molecule has 0 aliphatic rings. The largest absolute Gasteiger partial charge is 0.278 e. The third kappa shape index (κ3) is 5.29. The first-order valence-electron chi connectivity index (χ1n) is 18.9. The molecule has 0 N–H and O–H groups in total. The number of hydrogen-bond donors (Lipinski definition) is 0. The minimum absolute atomic E-state index is 0.807. The quantitative estimate of drug-likeness (QED) is 0.172. The van der Waals surface area contributed by atoms with Gasteiger partial charge in [0.2, 0.25) is 0 Å². The van der Waals surface area contributed by atoms with Crippen LogP contribution in [0.5, 0.6) is 0 Å². The standard InChI is InChI=1S/C51H33N5/c1-5-17-34(18-6-1)38-29-44(36-21-9-3-10-22-36)52-48(31-38)55-46-27-15-13-25-40(46)42-33-43-41-26-14-16-28-47(41)56(51(43)54-50(42)55)49-32-39(35-19-7-2-8-20-35)30-45(53-49)37-23-11-4-12-24-37/h1-33H. The Kier molecular flexibility index (Phi) is 7.42. The van der Waals surface area contributed by atoms with Crippen LogP contribution in [0.15, 0.2) is 200 Å². The van der Waals surface area contributed by atoms with Gasteiger partial charge >= 0.3 is 0 Å². The fourth-order valence-corrected chi connectivity index (χ4v) is 8.09. The summed E-state index contributed by atoms with van der Waals surface area (Å²) >= 11 is 0. The Hall–Kier alpha value is -7.63. The molecule has 0 saturated carbocycles. The Bertz CT molecular complexity index is 2890. The summed E-state index contributed by atoms with van der Waals surface area (Å²) in [5.41, 5.74) is 12.1. The van der Waals surface area contributed by atoms with E-state index in [0.29, 0.717) is 0 Å². The fourth-order valence-electron chi connectivity index (χ4n) is 8.09. The molecule has 0 radical (unpaired) electrons. The lowest BCUT2D eigenvalue weighted by molar-refractivity contribution is 1.04. The minimum Gasteiger partial charge on any atom is -0.278 e. The first-order valence-corrected chi connectivity index (χ1v) is 18.9. The van der Waals surface area contributed by atoms with Gasteiger partial charge in [-0.2, -0.15) is 0 Å². The third-order valence-electron chi connectivity index (χ3n) is 10.7. The molecule has 0 fully saturated rings. The van der Waals surface area contributed by atoms with Gasteiger partial charge in [0, 0.05) is 32.7 Å². The molecule has 5 heteroatoms. The van der Waals surface area contributed by atoms with Crippen LogP contribution in [-0.4, -0.2) is 24.1 Å². The van der Waals surface area contributed by atoms with Crippen molar-refractivity contribution in [1.82, 2.24) is 24.1 Å². The van der Waals surface area contributed by atoms with E-state index in [1.165, 1.54) is 0 Å². The molecule has 0 saturated heterocycles. The zero-order chi connectivity index (χ0) is 37.0. The first kappa shape index (κ1) is 31.9. The summed E-state index contributed by atoms with van der Waals surface area (Å²) in [6, 6.07) is 70.0. The van der Waals surface area contributed by atoms with Gasteiger partial charge in [-0.15, -0.1) is 0 Å². The van der Waals surface area contributed by atoms with Gasteiger partial charge in [-0.25, -0.2) is 15.0 Å². The average molecular weight is 716 g/mol. The number of pyridine rings is 3. The number of fused-ring (bicyclic) bond motifs is 6. The van der Waals surface area contributed by atoms with Gasteiger partial charge in [0.15, 0.2) is 0 Å². The van der Waals surface area contributed by atoms with E-state index in [9.17, 15) is 0 Å². The van der Waals surface area contributed by atoms with E-state index in [4.69, 9.17) is 15.0 Å². The summed E-state index contributed by atoms with van der Waals surface area (Å²) in [5.74, 6) is 1.61. The lowest BCUT2D eigenvalue weighted by Gasteiger charge is -2.13. The molecule has 5 aromatic heterocycles. The van der Waals surface area contributed by atoms with E-state index in [0.717, 1.165) is 100 Å². The number of aromatic nitrogens is 5. The second-order valence-electron chi connectivity index (χ2n) is 14.1. The van der Waals surface area contributed by atoms with Crippen molar-refractivity contribution >= 4 is 43.9 Å². The normalized spacial score (nSPS) is 11.6. The highest BCUT2D eigenvalue weighted by molar-refractivity contribution is 6.16. The van der Waals surface area contributed by atoms with E-state index in [1.807, 2.05) is 12.1 Å². The zero-order valence-electron chi connectivity index (χ0n) is 30.3. The van der Waals surface area contributed by atoms with Crippen LogP contribution in [0.4, 0.5) is 0 Å². The molecule has 56 heavy (non-hydrogen) atoms. The SMILES string of the molecule is c1ccc(-c2cc(-c3ccccc3)nc(-n3c4ccccc4c4cc5c6ccccc6n(-c6cc(-c7ccccc7)cc(-c7ccccc7)n6)c5nc43)c2)cc1. The lowest BCUT2D eigenvalue weighted by Crippen LogP contribution is -2.03. The molecule has 11 rings (SSSR count). The predicted octanol–water partition coefficient (Wildman–Crippen LogP) is 12.7. The van der Waals surface area contributed by atoms with Crippen molar-refractivity contribution in [2.45, 2.75) is 0 Å². The van der Waals surface area contributed by atoms with E-state index < -0.39 is 0 Å². The second kappa shape index (κ2) is 13.0. The van der Waals surface area contributed by atoms with Crippen LogP contribution in [0.25, 0.3) is 100 Å². The molecular formula is C51H33N5. The average Bonchev–Trinajstić information content (AvgIpc) is 3.78. The highest BCUT2D eigenvalue weighted by Crippen LogP contribution is 2.39. The molecule has 262 valence electrons. The molecule has 5 nitrogen and oxygen atoms in total. The molecule has 5 heterocycles. The van der Waals surface area contributed by atoms with E-state index >= 15 is 0 Å². The Balaban J connectivity index is 1.23.